The minimum Gasteiger partial charge on any atom is -0.508 e. The zero-order valence-electron chi connectivity index (χ0n) is 20.1. The van der Waals surface area contributed by atoms with E-state index >= 15 is 0 Å². The van der Waals surface area contributed by atoms with Crippen LogP contribution in [0.25, 0.3) is 0 Å². The summed E-state index contributed by atoms with van der Waals surface area (Å²) in [7, 11) is 3.14. The molecule has 0 aromatic heterocycles. The largest absolute Gasteiger partial charge is 0.508 e. The zero-order valence-corrected chi connectivity index (χ0v) is 20.1. The van der Waals surface area contributed by atoms with E-state index in [0.29, 0.717) is 24.8 Å². The molecule has 1 atom stereocenters. The van der Waals surface area contributed by atoms with Crippen molar-refractivity contribution in [1.82, 2.24) is 0 Å². The van der Waals surface area contributed by atoms with Gasteiger partial charge in [-0.3, -0.25) is 0 Å². The monoisotopic (exact) mass is 458 g/mol. The Morgan fingerprint density at radius 3 is 1.97 bits per heavy atom. The molecule has 2 aromatic carbocycles. The number of benzene rings is 2. The fraction of sp³-hybridized carbons (Fsp3) is 0.519. The maximum Gasteiger partial charge on any atom is 0.338 e. The van der Waals surface area contributed by atoms with Crippen molar-refractivity contribution in [2.24, 2.45) is 0 Å². The Hall–Kier alpha value is -2.57. The molecule has 0 heterocycles. The van der Waals surface area contributed by atoms with Gasteiger partial charge < -0.3 is 24.4 Å². The van der Waals surface area contributed by atoms with Crippen molar-refractivity contribution in [1.29, 1.82) is 0 Å². The lowest BCUT2D eigenvalue weighted by molar-refractivity contribution is -0.263. The lowest BCUT2D eigenvalue weighted by atomic mass is 9.95. The molecule has 0 saturated carbocycles. The number of aryl methyl sites for hydroxylation is 1. The summed E-state index contributed by atoms with van der Waals surface area (Å²) in [6, 6.07) is 13.0. The molecule has 182 valence electrons. The fourth-order valence-electron chi connectivity index (χ4n) is 3.97. The number of esters is 1. The average molecular weight is 459 g/mol. The van der Waals surface area contributed by atoms with E-state index in [2.05, 4.69) is 6.92 Å². The standard InChI is InChI=1S/C27H38O6/c1-4-5-6-7-8-9-10-25(33-26(30)22-13-17-24(29)18-14-22)27(31-2,32-3)20-19-21-11-15-23(28)16-12-21/h11-18,25,28-29H,4-10,19-20H2,1-3H3. The smallest absolute Gasteiger partial charge is 0.338 e. The Morgan fingerprint density at radius 1 is 0.848 bits per heavy atom. The number of ether oxygens (including phenoxy) is 3. The van der Waals surface area contributed by atoms with Gasteiger partial charge in [-0.05, 0) is 61.2 Å². The first-order chi connectivity index (χ1) is 15.9. The maximum atomic E-state index is 12.9. The van der Waals surface area contributed by atoms with Crippen LogP contribution in [0.1, 0.15) is 74.2 Å². The summed E-state index contributed by atoms with van der Waals surface area (Å²) in [5.74, 6) is -1.28. The topological polar surface area (TPSA) is 85.2 Å². The van der Waals surface area contributed by atoms with Crippen molar-refractivity contribution < 1.29 is 29.2 Å². The number of phenolic OH excluding ortho intramolecular Hbond substituents is 2. The predicted molar refractivity (Wildman–Crippen MR) is 128 cm³/mol. The van der Waals surface area contributed by atoms with Crippen LogP contribution in [0.15, 0.2) is 48.5 Å². The highest BCUT2D eigenvalue weighted by Gasteiger charge is 2.41. The van der Waals surface area contributed by atoms with E-state index in [9.17, 15) is 15.0 Å². The van der Waals surface area contributed by atoms with Crippen molar-refractivity contribution in [3.05, 3.63) is 59.7 Å². The number of hydrogen-bond donors (Lipinski definition) is 2. The fourth-order valence-corrected chi connectivity index (χ4v) is 3.97. The molecule has 0 aliphatic carbocycles. The molecule has 0 aliphatic heterocycles. The number of carbonyl (C=O) groups is 1. The quantitative estimate of drug-likeness (QED) is 0.194. The average Bonchev–Trinajstić information content (AvgIpc) is 2.83. The summed E-state index contributed by atoms with van der Waals surface area (Å²) in [5.41, 5.74) is 1.38. The van der Waals surface area contributed by atoms with Crippen LogP contribution in [0, 0.1) is 0 Å². The summed E-state index contributed by atoms with van der Waals surface area (Å²) >= 11 is 0. The Bertz CT molecular complexity index is 812. The van der Waals surface area contributed by atoms with Crippen LogP contribution in [0.5, 0.6) is 11.5 Å². The van der Waals surface area contributed by atoms with Gasteiger partial charge in [-0.1, -0.05) is 51.2 Å². The van der Waals surface area contributed by atoms with Gasteiger partial charge in [0.15, 0.2) is 6.10 Å². The third-order valence-electron chi connectivity index (χ3n) is 6.05. The molecule has 0 saturated heterocycles. The summed E-state index contributed by atoms with van der Waals surface area (Å²) in [6.07, 6.45) is 7.85. The molecule has 6 nitrogen and oxygen atoms in total. The molecule has 0 spiro atoms. The Balaban J connectivity index is 2.15. The summed E-state index contributed by atoms with van der Waals surface area (Å²) in [5, 5.41) is 19.1. The molecular weight excluding hydrogens is 420 g/mol. The van der Waals surface area contributed by atoms with E-state index in [1.807, 2.05) is 12.1 Å². The van der Waals surface area contributed by atoms with Crippen LogP contribution in [-0.4, -0.2) is 42.3 Å². The first-order valence-corrected chi connectivity index (χ1v) is 11.8. The molecule has 2 N–H and O–H groups in total. The first-order valence-electron chi connectivity index (χ1n) is 11.8. The molecule has 0 radical (unpaired) electrons. The van der Waals surface area contributed by atoms with Crippen molar-refractivity contribution in [2.45, 2.75) is 76.6 Å². The second-order valence-corrected chi connectivity index (χ2v) is 8.38. The van der Waals surface area contributed by atoms with Crippen LogP contribution in [0.2, 0.25) is 0 Å². The zero-order chi connectivity index (χ0) is 24.1. The highest BCUT2D eigenvalue weighted by molar-refractivity contribution is 5.89. The van der Waals surface area contributed by atoms with E-state index in [1.165, 1.54) is 43.5 Å². The van der Waals surface area contributed by atoms with Crippen LogP contribution >= 0.6 is 0 Å². The molecule has 1 unspecified atom stereocenters. The van der Waals surface area contributed by atoms with Gasteiger partial charge in [-0.15, -0.1) is 0 Å². The highest BCUT2D eigenvalue weighted by atomic mass is 16.7. The van der Waals surface area contributed by atoms with Crippen molar-refractivity contribution in [3.63, 3.8) is 0 Å². The van der Waals surface area contributed by atoms with Gasteiger partial charge in [0.2, 0.25) is 5.79 Å². The molecule has 0 amide bonds. The second-order valence-electron chi connectivity index (χ2n) is 8.38. The van der Waals surface area contributed by atoms with Crippen molar-refractivity contribution in [3.8, 4) is 11.5 Å². The second kappa shape index (κ2) is 13.9. The van der Waals surface area contributed by atoms with E-state index < -0.39 is 17.9 Å². The summed E-state index contributed by atoms with van der Waals surface area (Å²) in [6.45, 7) is 2.19. The van der Waals surface area contributed by atoms with Gasteiger partial charge in [0, 0.05) is 20.6 Å². The van der Waals surface area contributed by atoms with Gasteiger partial charge in [0.05, 0.1) is 5.56 Å². The van der Waals surface area contributed by atoms with E-state index in [-0.39, 0.29) is 11.5 Å². The van der Waals surface area contributed by atoms with Gasteiger partial charge in [0.1, 0.15) is 11.5 Å². The first kappa shape index (κ1) is 26.7. The van der Waals surface area contributed by atoms with Crippen LogP contribution in [0.3, 0.4) is 0 Å². The number of rotatable bonds is 15. The lowest BCUT2D eigenvalue weighted by Crippen LogP contribution is -2.48. The van der Waals surface area contributed by atoms with Gasteiger partial charge in [0.25, 0.3) is 0 Å². The maximum absolute atomic E-state index is 12.9. The number of unbranched alkanes of at least 4 members (excludes halogenated alkanes) is 5. The molecule has 0 aliphatic rings. The highest BCUT2D eigenvalue weighted by Crippen LogP contribution is 2.31. The lowest BCUT2D eigenvalue weighted by Gasteiger charge is -2.38. The van der Waals surface area contributed by atoms with Gasteiger partial charge in [-0.2, -0.15) is 0 Å². The minimum atomic E-state index is -1.10. The molecule has 33 heavy (non-hydrogen) atoms. The van der Waals surface area contributed by atoms with Gasteiger partial charge >= 0.3 is 5.97 Å². The Kier molecular flexibility index (Phi) is 11.2. The Morgan fingerprint density at radius 2 is 1.39 bits per heavy atom. The van der Waals surface area contributed by atoms with Gasteiger partial charge in [-0.25, -0.2) is 4.79 Å². The minimum absolute atomic E-state index is 0.0900. The number of hydrogen-bond acceptors (Lipinski definition) is 6. The van der Waals surface area contributed by atoms with E-state index in [1.54, 1.807) is 26.4 Å². The summed E-state index contributed by atoms with van der Waals surface area (Å²) in [4.78, 5) is 12.9. The van der Waals surface area contributed by atoms with Crippen LogP contribution in [0.4, 0.5) is 0 Å². The third kappa shape index (κ3) is 8.37. The number of aromatic hydroxyl groups is 2. The van der Waals surface area contributed by atoms with E-state index in [4.69, 9.17) is 14.2 Å². The third-order valence-corrected chi connectivity index (χ3v) is 6.05. The number of carbonyl (C=O) groups excluding carboxylic acids is 1. The van der Waals surface area contributed by atoms with Crippen molar-refractivity contribution >= 4 is 5.97 Å². The van der Waals surface area contributed by atoms with E-state index in [0.717, 1.165) is 24.8 Å². The molecule has 0 fully saturated rings. The molecule has 6 heteroatoms. The van der Waals surface area contributed by atoms with Crippen molar-refractivity contribution in [2.75, 3.05) is 14.2 Å². The van der Waals surface area contributed by atoms with Crippen LogP contribution in [-0.2, 0) is 20.6 Å². The molecule has 0 bridgehead atoms. The van der Waals surface area contributed by atoms with Crippen LogP contribution < -0.4 is 0 Å². The molecular formula is C27H38O6. The Labute approximate surface area is 197 Å². The normalized spacial score (nSPS) is 12.5. The number of methoxy groups -OCH3 is 2. The molecule has 2 aromatic rings. The molecule has 2 rings (SSSR count). The SMILES string of the molecule is CCCCCCCCC(OC(=O)c1ccc(O)cc1)C(CCc1ccc(O)cc1)(OC)OC. The number of phenols is 2. The summed E-state index contributed by atoms with van der Waals surface area (Å²) < 4.78 is 17.7. The predicted octanol–water partition coefficient (Wildman–Crippen LogP) is 6.00.